The quantitative estimate of drug-likeness (QED) is 0.593. The second-order valence-corrected chi connectivity index (χ2v) is 4.17. The molecule has 2 rings (SSSR count). The maximum Gasteiger partial charge on any atom is 0.392 e. The number of likely N-dealkylation sites (tertiary alicyclic amines) is 1. The first-order valence-corrected chi connectivity index (χ1v) is 5.19. The first kappa shape index (κ1) is 11.8. The average Bonchev–Trinajstić information content (AvgIpc) is 1.97. The molecule has 0 N–H and O–H groups in total. The Kier molecular flexibility index (Phi) is 3.14. The monoisotopic (exact) mass is 209 g/mol. The summed E-state index contributed by atoms with van der Waals surface area (Å²) in [5.74, 6) is -1.01. The molecule has 1 unspecified atom stereocenters. The molecule has 1 saturated carbocycles. The third-order valence-corrected chi connectivity index (χ3v) is 3.23. The molecule has 2 aliphatic rings. The van der Waals surface area contributed by atoms with Gasteiger partial charge in [-0.15, -0.1) is 0 Å². The van der Waals surface area contributed by atoms with Crippen molar-refractivity contribution in [1.82, 2.24) is 4.90 Å². The summed E-state index contributed by atoms with van der Waals surface area (Å²) >= 11 is 0. The van der Waals surface area contributed by atoms with Gasteiger partial charge >= 0.3 is 6.18 Å². The van der Waals surface area contributed by atoms with Gasteiger partial charge in [0.25, 0.3) is 0 Å². The normalized spacial score (nSPS) is 30.0. The van der Waals surface area contributed by atoms with Gasteiger partial charge in [-0.1, -0.05) is 13.8 Å². The first-order chi connectivity index (χ1) is 6.44. The van der Waals surface area contributed by atoms with E-state index >= 15 is 0 Å². The van der Waals surface area contributed by atoms with Crippen LogP contribution in [0, 0.1) is 11.3 Å². The predicted molar refractivity (Wildman–Crippen MR) is 50.1 cm³/mol. The summed E-state index contributed by atoms with van der Waals surface area (Å²) in [5.41, 5.74) is -0.382. The molecule has 4 heteroatoms. The molecule has 1 nitrogen and oxygen atoms in total. The van der Waals surface area contributed by atoms with Crippen molar-refractivity contribution in [2.75, 3.05) is 20.1 Å². The molecule has 0 bridgehead atoms. The van der Waals surface area contributed by atoms with E-state index in [1.54, 1.807) is 0 Å². The first-order valence-electron chi connectivity index (χ1n) is 5.19. The van der Waals surface area contributed by atoms with Gasteiger partial charge in [0, 0.05) is 18.5 Å². The summed E-state index contributed by atoms with van der Waals surface area (Å²) in [5, 5.41) is 0. The average molecular weight is 209 g/mol. The minimum Gasteiger partial charge on any atom is -0.305 e. The number of alkyl halides is 3. The van der Waals surface area contributed by atoms with Crippen molar-refractivity contribution in [2.24, 2.45) is 11.3 Å². The fourth-order valence-electron chi connectivity index (χ4n) is 2.62. The molecule has 84 valence electrons. The summed E-state index contributed by atoms with van der Waals surface area (Å²) in [6.07, 6.45) is -2.85. The van der Waals surface area contributed by atoms with E-state index in [2.05, 4.69) is 0 Å². The maximum atomic E-state index is 12.3. The van der Waals surface area contributed by atoms with Gasteiger partial charge in [-0.3, -0.25) is 0 Å². The Balaban J connectivity index is 0.000000461. The maximum absolute atomic E-state index is 12.3. The Hall–Kier alpha value is -0.250. The lowest BCUT2D eigenvalue weighted by Gasteiger charge is -2.60. The highest BCUT2D eigenvalue weighted by molar-refractivity contribution is 5.07. The van der Waals surface area contributed by atoms with E-state index in [9.17, 15) is 13.2 Å². The summed E-state index contributed by atoms with van der Waals surface area (Å²) < 4.78 is 37.0. The van der Waals surface area contributed by atoms with Crippen molar-refractivity contribution in [3.8, 4) is 0 Å². The molecule has 1 atom stereocenters. The molecule has 1 aliphatic carbocycles. The van der Waals surface area contributed by atoms with Crippen molar-refractivity contribution in [2.45, 2.75) is 32.9 Å². The molecule has 1 saturated heterocycles. The van der Waals surface area contributed by atoms with Crippen molar-refractivity contribution in [3.05, 3.63) is 0 Å². The van der Waals surface area contributed by atoms with Crippen LogP contribution in [0.5, 0.6) is 0 Å². The van der Waals surface area contributed by atoms with Crippen LogP contribution in [0.2, 0.25) is 0 Å². The zero-order valence-corrected chi connectivity index (χ0v) is 8.99. The topological polar surface area (TPSA) is 3.24 Å². The molecule has 0 radical (unpaired) electrons. The van der Waals surface area contributed by atoms with Crippen molar-refractivity contribution in [1.29, 1.82) is 0 Å². The molecule has 0 aromatic heterocycles. The van der Waals surface area contributed by atoms with E-state index in [1.165, 1.54) is 0 Å². The lowest BCUT2D eigenvalue weighted by atomic mass is 9.55. The third-order valence-electron chi connectivity index (χ3n) is 3.23. The van der Waals surface area contributed by atoms with E-state index in [-0.39, 0.29) is 5.41 Å². The zero-order valence-electron chi connectivity index (χ0n) is 8.99. The number of nitrogens with zero attached hydrogens (tertiary/aromatic N) is 1. The Morgan fingerprint density at radius 3 is 1.93 bits per heavy atom. The van der Waals surface area contributed by atoms with Crippen molar-refractivity contribution >= 4 is 0 Å². The molecular weight excluding hydrogens is 191 g/mol. The Morgan fingerprint density at radius 1 is 1.21 bits per heavy atom. The van der Waals surface area contributed by atoms with Gasteiger partial charge in [-0.05, 0) is 19.9 Å². The van der Waals surface area contributed by atoms with Crippen LogP contribution in [-0.4, -0.2) is 31.2 Å². The zero-order chi connectivity index (χ0) is 11.0. The van der Waals surface area contributed by atoms with Crippen LogP contribution in [0.1, 0.15) is 26.7 Å². The molecule has 0 amide bonds. The van der Waals surface area contributed by atoms with Crippen molar-refractivity contribution in [3.63, 3.8) is 0 Å². The van der Waals surface area contributed by atoms with Crippen LogP contribution in [0.25, 0.3) is 0 Å². The van der Waals surface area contributed by atoms with Crippen LogP contribution < -0.4 is 0 Å². The van der Waals surface area contributed by atoms with Crippen LogP contribution >= 0.6 is 0 Å². The van der Waals surface area contributed by atoms with Gasteiger partial charge in [-0.2, -0.15) is 13.2 Å². The van der Waals surface area contributed by atoms with Crippen molar-refractivity contribution < 1.29 is 13.2 Å². The summed E-state index contributed by atoms with van der Waals surface area (Å²) in [4.78, 5) is 1.96. The lowest BCUT2D eigenvalue weighted by Crippen LogP contribution is -2.66. The third kappa shape index (κ3) is 1.76. The minimum absolute atomic E-state index is 0.345. The number of rotatable bonds is 0. The lowest BCUT2D eigenvalue weighted by molar-refractivity contribution is -0.267. The van der Waals surface area contributed by atoms with Gasteiger partial charge < -0.3 is 4.90 Å². The Labute approximate surface area is 83.3 Å². The van der Waals surface area contributed by atoms with E-state index < -0.39 is 12.1 Å². The van der Waals surface area contributed by atoms with Crippen LogP contribution in [-0.2, 0) is 0 Å². The van der Waals surface area contributed by atoms with Crippen LogP contribution in [0.4, 0.5) is 13.2 Å². The van der Waals surface area contributed by atoms with Gasteiger partial charge in [-0.25, -0.2) is 0 Å². The largest absolute Gasteiger partial charge is 0.392 e. The highest BCUT2D eigenvalue weighted by atomic mass is 19.4. The molecule has 1 heterocycles. The molecular formula is C10H18F3N. The Morgan fingerprint density at radius 2 is 1.71 bits per heavy atom. The summed E-state index contributed by atoms with van der Waals surface area (Å²) in [6.45, 7) is 5.27. The van der Waals surface area contributed by atoms with Gasteiger partial charge in [0.15, 0.2) is 0 Å². The molecule has 1 spiro atoms. The van der Waals surface area contributed by atoms with E-state index in [0.717, 1.165) is 6.42 Å². The molecule has 14 heavy (non-hydrogen) atoms. The predicted octanol–water partition coefficient (Wildman–Crippen LogP) is 2.92. The van der Waals surface area contributed by atoms with Gasteiger partial charge in [0.1, 0.15) is 0 Å². The Bertz CT molecular complexity index is 194. The van der Waals surface area contributed by atoms with Crippen LogP contribution in [0.15, 0.2) is 0 Å². The fraction of sp³-hybridized carbons (Fsp3) is 1.00. The fourth-order valence-corrected chi connectivity index (χ4v) is 2.62. The number of hydrogen-bond acceptors (Lipinski definition) is 1. The smallest absolute Gasteiger partial charge is 0.305 e. The second kappa shape index (κ2) is 3.72. The van der Waals surface area contributed by atoms with Crippen LogP contribution in [0.3, 0.4) is 0 Å². The second-order valence-electron chi connectivity index (χ2n) is 4.17. The van der Waals surface area contributed by atoms with E-state index in [0.29, 0.717) is 19.5 Å². The van der Waals surface area contributed by atoms with E-state index in [1.807, 2.05) is 25.8 Å². The van der Waals surface area contributed by atoms with E-state index in [4.69, 9.17) is 0 Å². The molecule has 0 aromatic rings. The summed E-state index contributed by atoms with van der Waals surface area (Å²) in [6, 6.07) is 0. The highest BCUT2D eigenvalue weighted by Crippen LogP contribution is 2.58. The standard InChI is InChI=1S/C8H12F3N.C2H6/c1-12-4-7(5-12)3-2-6(7)8(9,10)11;1-2/h6H,2-5H2,1H3;1-2H3. The molecule has 1 aliphatic heterocycles. The molecule has 0 aromatic carbocycles. The minimum atomic E-state index is -3.96. The highest BCUT2D eigenvalue weighted by Gasteiger charge is 2.63. The van der Waals surface area contributed by atoms with Gasteiger partial charge in [0.05, 0.1) is 5.92 Å². The number of halogens is 3. The molecule has 2 fully saturated rings. The SMILES string of the molecule is CC.CN1CC2(CCC2C(F)(F)F)C1. The van der Waals surface area contributed by atoms with Gasteiger partial charge in [0.2, 0.25) is 0 Å². The summed E-state index contributed by atoms with van der Waals surface area (Å²) in [7, 11) is 1.87. The number of hydrogen-bond donors (Lipinski definition) is 0.